The Hall–Kier alpha value is -2.53. The first-order chi connectivity index (χ1) is 10.1. The number of aromatic carboxylic acids is 1. The molecule has 0 unspecified atom stereocenters. The Morgan fingerprint density at radius 1 is 1.10 bits per heavy atom. The highest BCUT2D eigenvalue weighted by atomic mass is 35.5. The summed E-state index contributed by atoms with van der Waals surface area (Å²) in [5, 5.41) is 14.6. The van der Waals surface area contributed by atoms with Crippen molar-refractivity contribution in [3.63, 3.8) is 0 Å². The highest BCUT2D eigenvalue weighted by molar-refractivity contribution is 6.33. The summed E-state index contributed by atoms with van der Waals surface area (Å²) >= 11 is 5.93. The van der Waals surface area contributed by atoms with Crippen molar-refractivity contribution in [2.45, 2.75) is 6.54 Å². The van der Waals surface area contributed by atoms with E-state index in [-0.39, 0.29) is 12.1 Å². The van der Waals surface area contributed by atoms with Gasteiger partial charge in [-0.25, -0.2) is 9.59 Å². The zero-order valence-corrected chi connectivity index (χ0v) is 11.7. The Labute approximate surface area is 126 Å². The lowest BCUT2D eigenvalue weighted by atomic mass is 10.1. The molecule has 0 aliphatic carbocycles. The second kappa shape index (κ2) is 6.76. The van der Waals surface area contributed by atoms with Gasteiger partial charge in [0.25, 0.3) is 0 Å². The SMILES string of the molecule is O=C(NCc1cccc(C(=O)O)c1)Nc1ccccc1Cl. The highest BCUT2D eigenvalue weighted by Crippen LogP contribution is 2.20. The largest absolute Gasteiger partial charge is 0.478 e. The van der Waals surface area contributed by atoms with Gasteiger partial charge in [-0.2, -0.15) is 0 Å². The standard InChI is InChI=1S/C15H13ClN2O3/c16-12-6-1-2-7-13(12)18-15(21)17-9-10-4-3-5-11(8-10)14(19)20/h1-8H,9H2,(H,19,20)(H2,17,18,21). The van der Waals surface area contributed by atoms with Crippen LogP contribution < -0.4 is 10.6 Å². The fourth-order valence-electron chi connectivity index (χ4n) is 1.73. The molecule has 0 aromatic heterocycles. The normalized spacial score (nSPS) is 9.95. The van der Waals surface area contributed by atoms with Crippen molar-refractivity contribution in [1.82, 2.24) is 5.32 Å². The number of carbonyl (C=O) groups is 2. The number of hydrogen-bond donors (Lipinski definition) is 3. The highest BCUT2D eigenvalue weighted by Gasteiger charge is 2.06. The van der Waals surface area contributed by atoms with Gasteiger partial charge in [0.15, 0.2) is 0 Å². The Bertz CT molecular complexity index is 673. The van der Waals surface area contributed by atoms with E-state index in [4.69, 9.17) is 16.7 Å². The smallest absolute Gasteiger partial charge is 0.335 e. The van der Waals surface area contributed by atoms with Crippen molar-refractivity contribution >= 4 is 29.3 Å². The second-order valence-corrected chi connectivity index (χ2v) is 4.70. The average molecular weight is 305 g/mol. The Kier molecular flexibility index (Phi) is 4.79. The number of halogens is 1. The third-order valence-corrected chi connectivity index (χ3v) is 3.08. The summed E-state index contributed by atoms with van der Waals surface area (Å²) in [7, 11) is 0. The van der Waals surface area contributed by atoms with Crippen LogP contribution in [-0.2, 0) is 6.54 Å². The summed E-state index contributed by atoms with van der Waals surface area (Å²) in [6, 6.07) is 12.9. The molecule has 2 rings (SSSR count). The maximum absolute atomic E-state index is 11.8. The monoisotopic (exact) mass is 304 g/mol. The summed E-state index contributed by atoms with van der Waals surface area (Å²) in [5.41, 5.74) is 1.39. The molecule has 0 radical (unpaired) electrons. The number of urea groups is 1. The molecule has 6 heteroatoms. The molecular formula is C15H13ClN2O3. The van der Waals surface area contributed by atoms with E-state index in [9.17, 15) is 9.59 Å². The van der Waals surface area contributed by atoms with Crippen LogP contribution >= 0.6 is 11.6 Å². The number of benzene rings is 2. The van der Waals surface area contributed by atoms with Crippen LogP contribution in [0.2, 0.25) is 5.02 Å². The molecule has 0 fully saturated rings. The number of carboxylic acid groups (broad SMARTS) is 1. The van der Waals surface area contributed by atoms with Crippen molar-refractivity contribution in [1.29, 1.82) is 0 Å². The molecule has 0 aliphatic rings. The zero-order chi connectivity index (χ0) is 15.2. The number of amides is 2. The van der Waals surface area contributed by atoms with Crippen LogP contribution in [0.3, 0.4) is 0 Å². The van der Waals surface area contributed by atoms with E-state index in [0.29, 0.717) is 16.3 Å². The average Bonchev–Trinajstić information content (AvgIpc) is 2.48. The van der Waals surface area contributed by atoms with Gasteiger partial charge in [0, 0.05) is 6.54 Å². The minimum absolute atomic E-state index is 0.181. The molecule has 0 aliphatic heterocycles. The van der Waals surface area contributed by atoms with Gasteiger partial charge in [-0.05, 0) is 29.8 Å². The molecule has 0 atom stereocenters. The minimum atomic E-state index is -1.00. The third-order valence-electron chi connectivity index (χ3n) is 2.75. The van der Waals surface area contributed by atoms with Crippen molar-refractivity contribution in [2.24, 2.45) is 0 Å². The molecule has 21 heavy (non-hydrogen) atoms. The third kappa shape index (κ3) is 4.22. The van der Waals surface area contributed by atoms with Gasteiger partial charge in [0.05, 0.1) is 16.3 Å². The second-order valence-electron chi connectivity index (χ2n) is 4.29. The number of anilines is 1. The van der Waals surface area contributed by atoms with Crippen LogP contribution in [0.4, 0.5) is 10.5 Å². The summed E-state index contributed by atoms with van der Waals surface area (Å²) in [6.07, 6.45) is 0. The van der Waals surface area contributed by atoms with E-state index in [1.165, 1.54) is 12.1 Å². The molecule has 0 heterocycles. The Morgan fingerprint density at radius 3 is 2.57 bits per heavy atom. The Morgan fingerprint density at radius 2 is 1.86 bits per heavy atom. The molecule has 2 aromatic carbocycles. The number of para-hydroxylation sites is 1. The topological polar surface area (TPSA) is 78.4 Å². The maximum Gasteiger partial charge on any atom is 0.335 e. The minimum Gasteiger partial charge on any atom is -0.478 e. The van der Waals surface area contributed by atoms with Gasteiger partial charge in [-0.15, -0.1) is 0 Å². The number of carbonyl (C=O) groups excluding carboxylic acids is 1. The molecule has 2 amide bonds. The van der Waals surface area contributed by atoms with Gasteiger partial charge >= 0.3 is 12.0 Å². The van der Waals surface area contributed by atoms with Crippen LogP contribution in [0.15, 0.2) is 48.5 Å². The number of nitrogens with one attached hydrogen (secondary N) is 2. The molecule has 0 bridgehead atoms. The van der Waals surface area contributed by atoms with Crippen LogP contribution in [0.25, 0.3) is 0 Å². The van der Waals surface area contributed by atoms with E-state index in [1.54, 1.807) is 36.4 Å². The summed E-state index contributed by atoms with van der Waals surface area (Å²) in [5.74, 6) is -1.00. The van der Waals surface area contributed by atoms with Gasteiger partial charge in [0.2, 0.25) is 0 Å². The van der Waals surface area contributed by atoms with Crippen LogP contribution in [0.1, 0.15) is 15.9 Å². The lowest BCUT2D eigenvalue weighted by Gasteiger charge is -2.09. The fourth-order valence-corrected chi connectivity index (χ4v) is 1.91. The van der Waals surface area contributed by atoms with Crippen LogP contribution in [0, 0.1) is 0 Å². The van der Waals surface area contributed by atoms with E-state index < -0.39 is 12.0 Å². The predicted molar refractivity (Wildman–Crippen MR) is 80.7 cm³/mol. The molecule has 0 saturated heterocycles. The summed E-state index contributed by atoms with van der Waals surface area (Å²) in [6.45, 7) is 0.220. The van der Waals surface area contributed by atoms with E-state index >= 15 is 0 Å². The lowest BCUT2D eigenvalue weighted by molar-refractivity contribution is 0.0696. The Balaban J connectivity index is 1.94. The molecule has 0 saturated carbocycles. The first kappa shape index (κ1) is 14.9. The lowest BCUT2D eigenvalue weighted by Crippen LogP contribution is -2.28. The van der Waals surface area contributed by atoms with Crippen molar-refractivity contribution in [3.8, 4) is 0 Å². The van der Waals surface area contributed by atoms with Gasteiger partial charge < -0.3 is 15.7 Å². The number of carboxylic acids is 1. The van der Waals surface area contributed by atoms with Crippen molar-refractivity contribution in [2.75, 3.05) is 5.32 Å². The quantitative estimate of drug-likeness (QED) is 0.810. The van der Waals surface area contributed by atoms with Gasteiger partial charge in [-0.3, -0.25) is 0 Å². The first-order valence-corrected chi connectivity index (χ1v) is 6.55. The van der Waals surface area contributed by atoms with Gasteiger partial charge in [-0.1, -0.05) is 35.9 Å². The van der Waals surface area contributed by atoms with E-state index in [2.05, 4.69) is 10.6 Å². The molecule has 0 spiro atoms. The summed E-state index contributed by atoms with van der Waals surface area (Å²) in [4.78, 5) is 22.6. The molecular weight excluding hydrogens is 292 g/mol. The predicted octanol–water partition coefficient (Wildman–Crippen LogP) is 3.36. The van der Waals surface area contributed by atoms with Crippen molar-refractivity contribution < 1.29 is 14.7 Å². The molecule has 108 valence electrons. The maximum atomic E-state index is 11.8. The van der Waals surface area contributed by atoms with Gasteiger partial charge in [0.1, 0.15) is 0 Å². The fraction of sp³-hybridized carbons (Fsp3) is 0.0667. The van der Waals surface area contributed by atoms with E-state index in [0.717, 1.165) is 0 Å². The van der Waals surface area contributed by atoms with E-state index in [1.807, 2.05) is 0 Å². The van der Waals surface area contributed by atoms with Crippen LogP contribution in [-0.4, -0.2) is 17.1 Å². The zero-order valence-electron chi connectivity index (χ0n) is 11.0. The first-order valence-electron chi connectivity index (χ1n) is 6.18. The molecule has 3 N–H and O–H groups in total. The number of hydrogen-bond acceptors (Lipinski definition) is 2. The molecule has 2 aromatic rings. The number of rotatable bonds is 4. The van der Waals surface area contributed by atoms with Crippen LogP contribution in [0.5, 0.6) is 0 Å². The molecule has 5 nitrogen and oxygen atoms in total. The summed E-state index contributed by atoms with van der Waals surface area (Å²) < 4.78 is 0. The van der Waals surface area contributed by atoms with Crippen molar-refractivity contribution in [3.05, 3.63) is 64.7 Å².